The van der Waals surface area contributed by atoms with Gasteiger partial charge in [-0.25, -0.2) is 0 Å². The number of hydrogen-bond acceptors (Lipinski definition) is 5. The van der Waals surface area contributed by atoms with Crippen molar-refractivity contribution in [1.82, 2.24) is 15.1 Å². The van der Waals surface area contributed by atoms with Crippen molar-refractivity contribution in [3.05, 3.63) is 0 Å². The molecule has 1 N–H and O–H groups in total. The summed E-state index contributed by atoms with van der Waals surface area (Å²) in [6.07, 6.45) is 0. The lowest BCUT2D eigenvalue weighted by atomic mass is 9.95. The molecule has 1 heterocycles. The molecular weight excluding hydrogens is 254 g/mol. The predicted molar refractivity (Wildman–Crippen MR) is 81.8 cm³/mol. The van der Waals surface area contributed by atoms with Crippen molar-refractivity contribution in [3.63, 3.8) is 0 Å². The van der Waals surface area contributed by atoms with Crippen molar-refractivity contribution in [2.24, 2.45) is 0 Å². The minimum atomic E-state index is -0.658. The molecule has 1 fully saturated rings. The van der Waals surface area contributed by atoms with E-state index in [0.29, 0.717) is 6.54 Å². The largest absolute Gasteiger partial charge is 0.468 e. The van der Waals surface area contributed by atoms with Crippen molar-refractivity contribution in [1.29, 1.82) is 0 Å². The van der Waals surface area contributed by atoms with E-state index in [1.165, 1.54) is 7.11 Å². The Balaban J connectivity index is 2.78. The molecule has 0 aliphatic carbocycles. The number of rotatable bonds is 5. The van der Waals surface area contributed by atoms with E-state index in [4.69, 9.17) is 4.74 Å². The van der Waals surface area contributed by atoms with Gasteiger partial charge in [0.2, 0.25) is 0 Å². The number of ether oxygens (including phenoxy) is 1. The maximum atomic E-state index is 12.1. The van der Waals surface area contributed by atoms with E-state index in [1.807, 2.05) is 6.92 Å². The molecule has 0 aromatic rings. The van der Waals surface area contributed by atoms with E-state index < -0.39 is 5.54 Å². The number of hydrogen-bond donors (Lipinski definition) is 1. The van der Waals surface area contributed by atoms with Crippen LogP contribution in [0.3, 0.4) is 0 Å². The van der Waals surface area contributed by atoms with Gasteiger partial charge in [-0.3, -0.25) is 19.9 Å². The third-order valence-electron chi connectivity index (χ3n) is 4.18. The van der Waals surface area contributed by atoms with Gasteiger partial charge in [-0.05, 0) is 41.7 Å². The Morgan fingerprint density at radius 2 is 2.00 bits per heavy atom. The summed E-state index contributed by atoms with van der Waals surface area (Å²) in [4.78, 5) is 16.9. The average Bonchev–Trinajstić information content (AvgIpc) is 2.31. The van der Waals surface area contributed by atoms with Gasteiger partial charge in [0.25, 0.3) is 0 Å². The fourth-order valence-electron chi connectivity index (χ4n) is 2.95. The van der Waals surface area contributed by atoms with Crippen molar-refractivity contribution in [2.45, 2.75) is 51.7 Å². The van der Waals surface area contributed by atoms with Crippen molar-refractivity contribution < 1.29 is 9.53 Å². The van der Waals surface area contributed by atoms with Gasteiger partial charge < -0.3 is 4.74 Å². The summed E-state index contributed by atoms with van der Waals surface area (Å²) in [7, 11) is 3.61. The van der Waals surface area contributed by atoms with Crippen molar-refractivity contribution in [3.8, 4) is 0 Å². The standard InChI is InChI=1S/C15H31N3O2/c1-12(2)16-15(5,13(19)20-7)11-18-9-8-17(6)14(3,4)10-18/h12,16H,8-11H2,1-7H3. The molecule has 0 spiro atoms. The molecule has 0 aromatic carbocycles. The molecule has 1 saturated heterocycles. The van der Waals surface area contributed by atoms with Crippen LogP contribution < -0.4 is 5.32 Å². The lowest BCUT2D eigenvalue weighted by molar-refractivity contribution is -0.149. The normalized spacial score (nSPS) is 23.6. The van der Waals surface area contributed by atoms with E-state index in [9.17, 15) is 4.79 Å². The molecule has 1 aliphatic heterocycles. The number of esters is 1. The van der Waals surface area contributed by atoms with Gasteiger partial charge in [-0.2, -0.15) is 0 Å². The van der Waals surface area contributed by atoms with Gasteiger partial charge >= 0.3 is 5.97 Å². The Bertz CT molecular complexity index is 344. The monoisotopic (exact) mass is 285 g/mol. The first-order valence-corrected chi connectivity index (χ1v) is 7.40. The zero-order valence-corrected chi connectivity index (χ0v) is 14.1. The number of piperazine rings is 1. The van der Waals surface area contributed by atoms with E-state index >= 15 is 0 Å². The maximum absolute atomic E-state index is 12.1. The second kappa shape index (κ2) is 6.41. The van der Waals surface area contributed by atoms with Gasteiger partial charge in [-0.1, -0.05) is 0 Å². The smallest absolute Gasteiger partial charge is 0.327 e. The highest BCUT2D eigenvalue weighted by atomic mass is 16.5. The highest BCUT2D eigenvalue weighted by Crippen LogP contribution is 2.21. The quantitative estimate of drug-likeness (QED) is 0.762. The summed E-state index contributed by atoms with van der Waals surface area (Å²) in [5.74, 6) is -0.192. The lowest BCUT2D eigenvalue weighted by Gasteiger charge is -2.47. The Kier molecular flexibility index (Phi) is 5.58. The number of likely N-dealkylation sites (N-methyl/N-ethyl adjacent to an activating group) is 1. The van der Waals surface area contributed by atoms with Crippen LogP contribution in [0.2, 0.25) is 0 Å². The molecule has 5 nitrogen and oxygen atoms in total. The minimum absolute atomic E-state index is 0.132. The van der Waals surface area contributed by atoms with Crippen LogP contribution in [0.4, 0.5) is 0 Å². The first-order chi connectivity index (χ1) is 9.10. The highest BCUT2D eigenvalue weighted by molar-refractivity contribution is 5.80. The summed E-state index contributed by atoms with van der Waals surface area (Å²) >= 11 is 0. The molecule has 0 bridgehead atoms. The fourth-order valence-corrected chi connectivity index (χ4v) is 2.95. The van der Waals surface area contributed by atoms with E-state index in [1.54, 1.807) is 0 Å². The number of carbonyl (C=O) groups is 1. The molecule has 5 heteroatoms. The van der Waals surface area contributed by atoms with Crippen molar-refractivity contribution >= 4 is 5.97 Å². The maximum Gasteiger partial charge on any atom is 0.327 e. The van der Waals surface area contributed by atoms with Crippen LogP contribution in [-0.4, -0.2) is 73.2 Å². The summed E-state index contributed by atoms with van der Waals surface area (Å²) in [6, 6.07) is 0.236. The van der Waals surface area contributed by atoms with Crippen molar-refractivity contribution in [2.75, 3.05) is 40.3 Å². The van der Waals surface area contributed by atoms with Gasteiger partial charge in [0.1, 0.15) is 5.54 Å². The summed E-state index contributed by atoms with van der Waals surface area (Å²) in [5.41, 5.74) is -0.526. The third-order valence-corrected chi connectivity index (χ3v) is 4.18. The zero-order chi connectivity index (χ0) is 15.6. The summed E-state index contributed by atoms with van der Waals surface area (Å²) in [5, 5.41) is 3.36. The van der Waals surface area contributed by atoms with Gasteiger partial charge in [0.15, 0.2) is 0 Å². The molecule has 1 rings (SSSR count). The van der Waals surface area contributed by atoms with Crippen LogP contribution >= 0.6 is 0 Å². The van der Waals surface area contributed by atoms with E-state index in [-0.39, 0.29) is 17.6 Å². The first-order valence-electron chi connectivity index (χ1n) is 7.40. The SMILES string of the molecule is COC(=O)C(C)(CN1CCN(C)C(C)(C)C1)NC(C)C. The second-order valence-corrected chi connectivity index (χ2v) is 7.07. The fraction of sp³-hybridized carbons (Fsp3) is 0.933. The molecule has 20 heavy (non-hydrogen) atoms. The molecule has 0 radical (unpaired) electrons. The second-order valence-electron chi connectivity index (χ2n) is 7.07. The van der Waals surface area contributed by atoms with Gasteiger partial charge in [0, 0.05) is 37.8 Å². The number of methoxy groups -OCH3 is 1. The molecule has 1 atom stereocenters. The van der Waals surface area contributed by atoms with Crippen LogP contribution in [-0.2, 0) is 9.53 Å². The lowest BCUT2D eigenvalue weighted by Crippen LogP contribution is -2.64. The predicted octanol–water partition coefficient (Wildman–Crippen LogP) is 0.942. The Labute approximate surface area is 123 Å². The van der Waals surface area contributed by atoms with Crippen LogP contribution in [0.15, 0.2) is 0 Å². The Morgan fingerprint density at radius 1 is 1.40 bits per heavy atom. The highest BCUT2D eigenvalue weighted by Gasteiger charge is 2.40. The molecule has 0 saturated carbocycles. The third kappa shape index (κ3) is 4.17. The number of nitrogens with zero attached hydrogens (tertiary/aromatic N) is 2. The Morgan fingerprint density at radius 3 is 2.45 bits per heavy atom. The molecule has 0 aromatic heterocycles. The van der Waals surface area contributed by atoms with Gasteiger partial charge in [0.05, 0.1) is 7.11 Å². The number of nitrogens with one attached hydrogen (secondary N) is 1. The van der Waals surface area contributed by atoms with E-state index in [2.05, 4.69) is 49.9 Å². The number of carbonyl (C=O) groups excluding carboxylic acids is 1. The molecule has 1 aliphatic rings. The zero-order valence-electron chi connectivity index (χ0n) is 14.1. The Hall–Kier alpha value is -0.650. The van der Waals surface area contributed by atoms with Crippen LogP contribution in [0, 0.1) is 0 Å². The van der Waals surface area contributed by atoms with Crippen LogP contribution in [0.5, 0.6) is 0 Å². The topological polar surface area (TPSA) is 44.8 Å². The first kappa shape index (κ1) is 17.4. The van der Waals surface area contributed by atoms with Crippen LogP contribution in [0.25, 0.3) is 0 Å². The minimum Gasteiger partial charge on any atom is -0.468 e. The summed E-state index contributed by atoms with van der Waals surface area (Å²) < 4.78 is 4.99. The van der Waals surface area contributed by atoms with Gasteiger partial charge in [-0.15, -0.1) is 0 Å². The molecule has 118 valence electrons. The molecular formula is C15H31N3O2. The molecule has 1 unspecified atom stereocenters. The summed E-state index contributed by atoms with van der Waals surface area (Å²) in [6.45, 7) is 14.1. The van der Waals surface area contributed by atoms with E-state index in [0.717, 1.165) is 19.6 Å². The molecule has 0 amide bonds. The average molecular weight is 285 g/mol. The van der Waals surface area contributed by atoms with Crippen LogP contribution in [0.1, 0.15) is 34.6 Å².